The van der Waals surface area contributed by atoms with E-state index < -0.39 is 0 Å². The lowest BCUT2D eigenvalue weighted by Crippen LogP contribution is -2.24. The van der Waals surface area contributed by atoms with E-state index in [9.17, 15) is 9.59 Å². The molecule has 0 unspecified atom stereocenters. The van der Waals surface area contributed by atoms with Crippen LogP contribution >= 0.6 is 0 Å². The van der Waals surface area contributed by atoms with Gasteiger partial charge in [0.05, 0.1) is 5.69 Å². The van der Waals surface area contributed by atoms with Crippen molar-refractivity contribution < 1.29 is 4.79 Å². The Morgan fingerprint density at radius 3 is 2.42 bits per heavy atom. The largest absolute Gasteiger partial charge is 0.321 e. The van der Waals surface area contributed by atoms with Crippen LogP contribution in [0.15, 0.2) is 65.5 Å². The third-order valence-electron chi connectivity index (χ3n) is 3.80. The molecular weight excluding hydrogens is 302 g/mol. The molecule has 0 fully saturated rings. The standard InChI is InChI=1S/C19H17N3O2/c1-13-8-9-15(12-14(13)2)20-19(24)17-10-11-18(23)22(21-17)16-6-4-3-5-7-16/h3-12H,1-2H3,(H,20,24). The van der Waals surface area contributed by atoms with Crippen molar-refractivity contribution in [1.82, 2.24) is 9.78 Å². The van der Waals surface area contributed by atoms with Crippen LogP contribution in [0.4, 0.5) is 5.69 Å². The third-order valence-corrected chi connectivity index (χ3v) is 3.80. The van der Waals surface area contributed by atoms with Crippen molar-refractivity contribution in [1.29, 1.82) is 0 Å². The summed E-state index contributed by atoms with van der Waals surface area (Å²) in [6, 6.07) is 17.5. The Bertz CT molecular complexity index is 946. The number of aromatic nitrogens is 2. The normalized spacial score (nSPS) is 10.4. The second-order valence-corrected chi connectivity index (χ2v) is 5.56. The van der Waals surface area contributed by atoms with Crippen LogP contribution in [0.2, 0.25) is 0 Å². The average molecular weight is 319 g/mol. The molecule has 1 aromatic heterocycles. The Morgan fingerprint density at radius 1 is 0.958 bits per heavy atom. The molecule has 0 saturated heterocycles. The second-order valence-electron chi connectivity index (χ2n) is 5.56. The number of carbonyl (C=O) groups excluding carboxylic acids is 1. The third kappa shape index (κ3) is 3.25. The fourth-order valence-corrected chi connectivity index (χ4v) is 2.30. The van der Waals surface area contributed by atoms with Crippen molar-refractivity contribution >= 4 is 11.6 Å². The number of hydrogen-bond donors (Lipinski definition) is 1. The molecule has 0 spiro atoms. The summed E-state index contributed by atoms with van der Waals surface area (Å²) >= 11 is 0. The molecule has 5 nitrogen and oxygen atoms in total. The highest BCUT2D eigenvalue weighted by Crippen LogP contribution is 2.15. The maximum atomic E-state index is 12.4. The first kappa shape index (κ1) is 15.7. The van der Waals surface area contributed by atoms with Gasteiger partial charge in [-0.1, -0.05) is 24.3 Å². The molecule has 0 radical (unpaired) electrons. The lowest BCUT2D eigenvalue weighted by molar-refractivity contribution is 0.102. The lowest BCUT2D eigenvalue weighted by atomic mass is 10.1. The number of nitrogens with one attached hydrogen (secondary N) is 1. The zero-order chi connectivity index (χ0) is 17.1. The van der Waals surface area contributed by atoms with Gasteiger partial charge in [0.2, 0.25) is 0 Å². The van der Waals surface area contributed by atoms with Crippen LogP contribution in [0, 0.1) is 13.8 Å². The summed E-state index contributed by atoms with van der Waals surface area (Å²) in [6.45, 7) is 4.00. The number of para-hydroxylation sites is 1. The summed E-state index contributed by atoms with van der Waals surface area (Å²) in [5.41, 5.74) is 3.45. The number of anilines is 1. The SMILES string of the molecule is Cc1ccc(NC(=O)c2ccc(=O)n(-c3ccccc3)n2)cc1C. The van der Waals surface area contributed by atoms with Crippen LogP contribution in [-0.4, -0.2) is 15.7 Å². The minimum Gasteiger partial charge on any atom is -0.321 e. The van der Waals surface area contributed by atoms with Crippen molar-refractivity contribution in [2.45, 2.75) is 13.8 Å². The molecule has 120 valence electrons. The van der Waals surface area contributed by atoms with Crippen LogP contribution in [0.25, 0.3) is 5.69 Å². The van der Waals surface area contributed by atoms with Gasteiger partial charge < -0.3 is 5.32 Å². The van der Waals surface area contributed by atoms with Crippen molar-refractivity contribution in [3.63, 3.8) is 0 Å². The molecular formula is C19H17N3O2. The number of nitrogens with zero attached hydrogens (tertiary/aromatic N) is 2. The van der Waals surface area contributed by atoms with E-state index in [0.717, 1.165) is 11.1 Å². The molecule has 3 aromatic rings. The fraction of sp³-hybridized carbons (Fsp3) is 0.105. The summed E-state index contributed by atoms with van der Waals surface area (Å²) in [5.74, 6) is -0.358. The monoisotopic (exact) mass is 319 g/mol. The van der Waals surface area contributed by atoms with Crippen LogP contribution < -0.4 is 10.9 Å². The van der Waals surface area contributed by atoms with Crippen molar-refractivity contribution in [2.75, 3.05) is 5.32 Å². The zero-order valence-electron chi connectivity index (χ0n) is 13.5. The molecule has 0 aliphatic rings. The molecule has 0 saturated carbocycles. The molecule has 5 heteroatoms. The average Bonchev–Trinajstić information content (AvgIpc) is 2.59. The Morgan fingerprint density at radius 2 is 1.71 bits per heavy atom. The molecule has 24 heavy (non-hydrogen) atoms. The first-order valence-corrected chi connectivity index (χ1v) is 7.59. The van der Waals surface area contributed by atoms with Gasteiger partial charge in [0, 0.05) is 11.8 Å². The number of hydrogen-bond acceptors (Lipinski definition) is 3. The predicted molar refractivity (Wildman–Crippen MR) is 93.7 cm³/mol. The molecule has 1 heterocycles. The van der Waals surface area contributed by atoms with Crippen LogP contribution in [0.5, 0.6) is 0 Å². The first-order chi connectivity index (χ1) is 11.5. The minimum absolute atomic E-state index is 0.177. The Kier molecular flexibility index (Phi) is 4.24. The molecule has 0 bridgehead atoms. The van der Waals surface area contributed by atoms with Crippen molar-refractivity contribution in [3.8, 4) is 5.69 Å². The van der Waals surface area contributed by atoms with E-state index in [1.54, 1.807) is 12.1 Å². The van der Waals surface area contributed by atoms with E-state index in [-0.39, 0.29) is 17.2 Å². The summed E-state index contributed by atoms with van der Waals surface area (Å²) in [5, 5.41) is 6.98. The van der Waals surface area contributed by atoms with E-state index >= 15 is 0 Å². The highest BCUT2D eigenvalue weighted by atomic mass is 16.2. The van der Waals surface area contributed by atoms with E-state index in [1.807, 2.05) is 50.2 Å². The Balaban J connectivity index is 1.90. The highest BCUT2D eigenvalue weighted by Gasteiger charge is 2.11. The number of aryl methyl sites for hydroxylation is 2. The molecule has 1 N–H and O–H groups in total. The summed E-state index contributed by atoms with van der Waals surface area (Å²) in [6.07, 6.45) is 0. The molecule has 2 aromatic carbocycles. The van der Waals surface area contributed by atoms with Crippen molar-refractivity contribution in [3.05, 3.63) is 87.8 Å². The summed E-state index contributed by atoms with van der Waals surface area (Å²) in [7, 11) is 0. The zero-order valence-corrected chi connectivity index (χ0v) is 13.5. The Labute approximate surface area is 139 Å². The highest BCUT2D eigenvalue weighted by molar-refractivity contribution is 6.02. The smallest absolute Gasteiger partial charge is 0.276 e. The number of benzene rings is 2. The maximum Gasteiger partial charge on any atom is 0.276 e. The van der Waals surface area contributed by atoms with E-state index in [0.29, 0.717) is 11.4 Å². The van der Waals surface area contributed by atoms with Gasteiger partial charge in [-0.05, 0) is 55.3 Å². The van der Waals surface area contributed by atoms with Gasteiger partial charge >= 0.3 is 0 Å². The molecule has 1 amide bonds. The van der Waals surface area contributed by atoms with Gasteiger partial charge in [0.15, 0.2) is 0 Å². The fourth-order valence-electron chi connectivity index (χ4n) is 2.30. The quantitative estimate of drug-likeness (QED) is 0.807. The number of carbonyl (C=O) groups is 1. The molecule has 0 aliphatic carbocycles. The van der Waals surface area contributed by atoms with Gasteiger partial charge in [-0.3, -0.25) is 9.59 Å². The van der Waals surface area contributed by atoms with Crippen LogP contribution in [0.1, 0.15) is 21.6 Å². The van der Waals surface area contributed by atoms with E-state index in [1.165, 1.54) is 16.8 Å². The number of amides is 1. The van der Waals surface area contributed by atoms with Gasteiger partial charge in [0.1, 0.15) is 5.69 Å². The van der Waals surface area contributed by atoms with Crippen LogP contribution in [-0.2, 0) is 0 Å². The summed E-state index contributed by atoms with van der Waals surface area (Å²) in [4.78, 5) is 24.4. The topological polar surface area (TPSA) is 64.0 Å². The Hall–Kier alpha value is -3.21. The van der Waals surface area contributed by atoms with Gasteiger partial charge in [-0.15, -0.1) is 0 Å². The maximum absolute atomic E-state index is 12.4. The second kappa shape index (κ2) is 6.50. The lowest BCUT2D eigenvalue weighted by Gasteiger charge is -2.09. The van der Waals surface area contributed by atoms with Gasteiger partial charge in [-0.2, -0.15) is 9.78 Å². The minimum atomic E-state index is -0.358. The van der Waals surface area contributed by atoms with Crippen molar-refractivity contribution in [2.24, 2.45) is 0 Å². The molecule has 0 aliphatic heterocycles. The summed E-state index contributed by atoms with van der Waals surface area (Å²) < 4.78 is 1.22. The van der Waals surface area contributed by atoms with E-state index in [2.05, 4.69) is 10.4 Å². The molecule has 3 rings (SSSR count). The van der Waals surface area contributed by atoms with Gasteiger partial charge in [0.25, 0.3) is 11.5 Å². The number of rotatable bonds is 3. The molecule has 0 atom stereocenters. The van der Waals surface area contributed by atoms with E-state index in [4.69, 9.17) is 0 Å². The first-order valence-electron chi connectivity index (χ1n) is 7.59. The predicted octanol–water partition coefficient (Wildman–Crippen LogP) is 3.10. The van der Waals surface area contributed by atoms with Crippen LogP contribution in [0.3, 0.4) is 0 Å². The van der Waals surface area contributed by atoms with Gasteiger partial charge in [-0.25, -0.2) is 0 Å².